The van der Waals surface area contributed by atoms with Gasteiger partial charge in [-0.15, -0.1) is 0 Å². The van der Waals surface area contributed by atoms with Gasteiger partial charge in [-0.3, -0.25) is 14.3 Å². The van der Waals surface area contributed by atoms with Gasteiger partial charge in [0.25, 0.3) is 5.91 Å². The lowest BCUT2D eigenvalue weighted by atomic mass is 10.1. The molecule has 2 rings (SSSR count). The number of imide groups is 1. The SMILES string of the molecule is CCc1nn(C)c(C(=O)N(C(=O)C(C)C)c2c(Cl)cc(C(F)(F)F)cc2Cl)c1Cl. The van der Waals surface area contributed by atoms with E-state index in [0.717, 1.165) is 0 Å². The van der Waals surface area contributed by atoms with Gasteiger partial charge in [-0.1, -0.05) is 55.6 Å². The molecule has 0 saturated heterocycles. The van der Waals surface area contributed by atoms with Crippen molar-refractivity contribution in [3.8, 4) is 0 Å². The largest absolute Gasteiger partial charge is 0.416 e. The highest BCUT2D eigenvalue weighted by atomic mass is 35.5. The molecule has 5 nitrogen and oxygen atoms in total. The molecule has 0 atom stereocenters. The van der Waals surface area contributed by atoms with Gasteiger partial charge >= 0.3 is 6.18 Å². The van der Waals surface area contributed by atoms with Crippen LogP contribution in [0.5, 0.6) is 0 Å². The van der Waals surface area contributed by atoms with Crippen molar-refractivity contribution in [1.29, 1.82) is 0 Å². The molecule has 0 radical (unpaired) electrons. The molecule has 0 fully saturated rings. The molecule has 29 heavy (non-hydrogen) atoms. The fourth-order valence-corrected chi connectivity index (χ4v) is 3.66. The van der Waals surface area contributed by atoms with Gasteiger partial charge in [0.1, 0.15) is 5.69 Å². The lowest BCUT2D eigenvalue weighted by Gasteiger charge is -2.25. The van der Waals surface area contributed by atoms with E-state index in [9.17, 15) is 22.8 Å². The highest BCUT2D eigenvalue weighted by Gasteiger charge is 2.37. The van der Waals surface area contributed by atoms with E-state index in [1.54, 1.807) is 6.92 Å². The topological polar surface area (TPSA) is 55.2 Å². The summed E-state index contributed by atoms with van der Waals surface area (Å²) in [7, 11) is 1.46. The summed E-state index contributed by atoms with van der Waals surface area (Å²) in [6.45, 7) is 4.83. The number of halogens is 6. The third-order valence-electron chi connectivity index (χ3n) is 4.08. The van der Waals surface area contributed by atoms with Crippen LogP contribution in [0.4, 0.5) is 18.9 Å². The molecular formula is C18H17Cl3F3N3O2. The molecule has 1 heterocycles. The molecule has 2 aromatic rings. The molecule has 1 aromatic carbocycles. The number of rotatable bonds is 4. The number of aromatic nitrogens is 2. The van der Waals surface area contributed by atoms with E-state index in [1.165, 1.54) is 25.6 Å². The Labute approximate surface area is 180 Å². The zero-order chi connectivity index (χ0) is 22.3. The van der Waals surface area contributed by atoms with Crippen LogP contribution in [-0.4, -0.2) is 21.6 Å². The minimum absolute atomic E-state index is 0.0423. The number of benzene rings is 1. The fraction of sp³-hybridized carbons (Fsp3) is 0.389. The molecule has 0 aliphatic rings. The summed E-state index contributed by atoms with van der Waals surface area (Å²) in [5.41, 5.74) is -1.13. The van der Waals surface area contributed by atoms with Gasteiger partial charge in [0.05, 0.1) is 32.0 Å². The molecule has 2 amide bonds. The maximum absolute atomic E-state index is 13.3. The number of hydrogen-bond donors (Lipinski definition) is 0. The van der Waals surface area contributed by atoms with Crippen LogP contribution in [0, 0.1) is 5.92 Å². The number of alkyl halides is 3. The number of anilines is 1. The molecule has 0 N–H and O–H groups in total. The smallest absolute Gasteiger partial charge is 0.274 e. The molecule has 0 aliphatic carbocycles. The fourth-order valence-electron chi connectivity index (χ4n) is 2.63. The second-order valence-corrected chi connectivity index (χ2v) is 7.70. The van der Waals surface area contributed by atoms with Gasteiger partial charge in [-0.05, 0) is 18.6 Å². The number of hydrogen-bond acceptors (Lipinski definition) is 3. The summed E-state index contributed by atoms with van der Waals surface area (Å²) >= 11 is 18.3. The highest BCUT2D eigenvalue weighted by Crippen LogP contribution is 2.41. The normalized spacial score (nSPS) is 11.8. The summed E-state index contributed by atoms with van der Waals surface area (Å²) in [6.07, 6.45) is -4.27. The first kappa shape index (κ1) is 23.5. The number of aryl methyl sites for hydroxylation is 2. The van der Waals surface area contributed by atoms with Crippen molar-refractivity contribution in [2.75, 3.05) is 4.90 Å². The van der Waals surface area contributed by atoms with Crippen molar-refractivity contribution in [3.63, 3.8) is 0 Å². The molecular weight excluding hydrogens is 454 g/mol. The first-order chi connectivity index (χ1) is 13.3. The number of nitrogens with zero attached hydrogens (tertiary/aromatic N) is 3. The third kappa shape index (κ3) is 4.54. The van der Waals surface area contributed by atoms with Crippen molar-refractivity contribution in [2.24, 2.45) is 13.0 Å². The second kappa shape index (κ2) is 8.53. The molecule has 0 unspecified atom stereocenters. The van der Waals surface area contributed by atoms with E-state index in [0.29, 0.717) is 29.1 Å². The molecule has 158 valence electrons. The Kier molecular flexibility index (Phi) is 6.92. The van der Waals surface area contributed by atoms with Crippen LogP contribution in [0.3, 0.4) is 0 Å². The average Bonchev–Trinajstić information content (AvgIpc) is 2.89. The van der Waals surface area contributed by atoms with E-state index >= 15 is 0 Å². The van der Waals surface area contributed by atoms with Crippen LogP contribution in [0.15, 0.2) is 12.1 Å². The van der Waals surface area contributed by atoms with Crippen LogP contribution in [0.2, 0.25) is 15.1 Å². The van der Waals surface area contributed by atoms with E-state index in [2.05, 4.69) is 5.10 Å². The van der Waals surface area contributed by atoms with Gasteiger partial charge in [0.15, 0.2) is 0 Å². The molecule has 0 spiro atoms. The van der Waals surface area contributed by atoms with Crippen LogP contribution in [0.25, 0.3) is 0 Å². The maximum Gasteiger partial charge on any atom is 0.416 e. The standard InChI is InChI=1S/C18H17Cl3F3N3O2/c1-5-12-13(21)15(26(4)25-12)17(29)27(16(28)8(2)3)14-10(19)6-9(7-11(14)20)18(22,23)24/h6-8H,5H2,1-4H3. The summed E-state index contributed by atoms with van der Waals surface area (Å²) < 4.78 is 40.3. The third-order valence-corrected chi connectivity index (χ3v) is 5.05. The van der Waals surface area contributed by atoms with Crippen molar-refractivity contribution in [2.45, 2.75) is 33.4 Å². The molecule has 0 aliphatic heterocycles. The molecule has 11 heteroatoms. The quantitative estimate of drug-likeness (QED) is 0.568. The summed E-state index contributed by atoms with van der Waals surface area (Å²) in [4.78, 5) is 26.8. The van der Waals surface area contributed by atoms with Crippen LogP contribution >= 0.6 is 34.8 Å². The zero-order valence-corrected chi connectivity index (χ0v) is 18.1. The summed E-state index contributed by atoms with van der Waals surface area (Å²) in [6, 6.07) is 1.22. The Bertz CT molecular complexity index is 948. The molecule has 0 saturated carbocycles. The van der Waals surface area contributed by atoms with E-state index < -0.39 is 39.5 Å². The van der Waals surface area contributed by atoms with E-state index in [1.807, 2.05) is 0 Å². The predicted molar refractivity (Wildman–Crippen MR) is 106 cm³/mol. The highest BCUT2D eigenvalue weighted by molar-refractivity contribution is 6.43. The van der Waals surface area contributed by atoms with Gasteiger partial charge in [0.2, 0.25) is 5.91 Å². The second-order valence-electron chi connectivity index (χ2n) is 6.51. The Morgan fingerprint density at radius 3 is 2.07 bits per heavy atom. The maximum atomic E-state index is 13.3. The Balaban J connectivity index is 2.72. The summed E-state index contributed by atoms with van der Waals surface area (Å²) in [5, 5.41) is 3.18. The first-order valence-corrected chi connectivity index (χ1v) is 9.60. The van der Waals surface area contributed by atoms with Crippen molar-refractivity contribution in [3.05, 3.63) is 44.2 Å². The Hall–Kier alpha value is -1.77. The van der Waals surface area contributed by atoms with E-state index in [4.69, 9.17) is 34.8 Å². The minimum Gasteiger partial charge on any atom is -0.274 e. The average molecular weight is 471 g/mol. The van der Waals surface area contributed by atoms with E-state index in [-0.39, 0.29) is 16.4 Å². The number of carbonyl (C=O) groups is 2. The monoisotopic (exact) mass is 469 g/mol. The van der Waals surface area contributed by atoms with Gasteiger partial charge in [-0.2, -0.15) is 18.3 Å². The Morgan fingerprint density at radius 2 is 1.69 bits per heavy atom. The Morgan fingerprint density at radius 1 is 1.17 bits per heavy atom. The van der Waals surface area contributed by atoms with Crippen LogP contribution < -0.4 is 4.90 Å². The van der Waals surface area contributed by atoms with Gasteiger partial charge < -0.3 is 0 Å². The van der Waals surface area contributed by atoms with Crippen molar-refractivity contribution in [1.82, 2.24) is 9.78 Å². The minimum atomic E-state index is -4.70. The van der Waals surface area contributed by atoms with Gasteiger partial charge in [-0.25, -0.2) is 4.90 Å². The van der Waals surface area contributed by atoms with Crippen LogP contribution in [0.1, 0.15) is 42.5 Å². The number of amides is 2. The molecule has 0 bridgehead atoms. The zero-order valence-electron chi connectivity index (χ0n) is 15.9. The van der Waals surface area contributed by atoms with Crippen LogP contribution in [-0.2, 0) is 24.4 Å². The first-order valence-electron chi connectivity index (χ1n) is 8.47. The lowest BCUT2D eigenvalue weighted by molar-refractivity contribution is -0.137. The lowest BCUT2D eigenvalue weighted by Crippen LogP contribution is -2.41. The predicted octanol–water partition coefficient (Wildman–Crippen LogP) is 5.79. The van der Waals surface area contributed by atoms with Crippen molar-refractivity contribution >= 4 is 52.3 Å². The summed E-state index contributed by atoms with van der Waals surface area (Å²) in [5.74, 6) is -2.30. The van der Waals surface area contributed by atoms with Gasteiger partial charge in [0, 0.05) is 13.0 Å². The molecule has 1 aromatic heterocycles. The van der Waals surface area contributed by atoms with Crippen molar-refractivity contribution < 1.29 is 22.8 Å². The number of carbonyl (C=O) groups excluding carboxylic acids is 2.